The lowest BCUT2D eigenvalue weighted by Crippen LogP contribution is -2.32. The number of ether oxygens (including phenoxy) is 1. The number of halogens is 3. The minimum absolute atomic E-state index is 0.0582. The van der Waals surface area contributed by atoms with Crippen molar-refractivity contribution in [2.24, 2.45) is 0 Å². The summed E-state index contributed by atoms with van der Waals surface area (Å²) in [4.78, 5) is 16.1. The van der Waals surface area contributed by atoms with Crippen LogP contribution >= 0.6 is 0 Å². The molecule has 0 radical (unpaired) electrons. The zero-order valence-corrected chi connectivity index (χ0v) is 11.4. The Bertz CT molecular complexity index is 449. The van der Waals surface area contributed by atoms with E-state index in [9.17, 15) is 18.0 Å². The Labute approximate surface area is 114 Å². The van der Waals surface area contributed by atoms with Crippen LogP contribution < -0.4 is 5.48 Å². The molecule has 1 amide bonds. The molecule has 0 aromatic heterocycles. The summed E-state index contributed by atoms with van der Waals surface area (Å²) >= 11 is 0. The first-order chi connectivity index (χ1) is 9.08. The largest absolute Gasteiger partial charge is 0.442 e. The molecule has 1 aromatic carbocycles. The molecule has 4 nitrogen and oxygen atoms in total. The van der Waals surface area contributed by atoms with Crippen molar-refractivity contribution in [1.29, 1.82) is 0 Å². The van der Waals surface area contributed by atoms with Crippen molar-refractivity contribution in [1.82, 2.24) is 5.48 Å². The quantitative estimate of drug-likeness (QED) is 0.864. The number of carbonyl (C=O) groups excluding carboxylic acids is 1. The lowest BCUT2D eigenvalue weighted by Gasteiger charge is -2.19. The highest BCUT2D eigenvalue weighted by Crippen LogP contribution is 2.29. The second-order valence-corrected chi connectivity index (χ2v) is 5.09. The van der Waals surface area contributed by atoms with Crippen LogP contribution in [0.4, 0.5) is 18.0 Å². The second kappa shape index (κ2) is 6.13. The number of hydrogen-bond donors (Lipinski definition) is 1. The van der Waals surface area contributed by atoms with E-state index in [-0.39, 0.29) is 6.61 Å². The molecule has 0 spiro atoms. The fraction of sp³-hybridized carbons (Fsp3) is 0.462. The number of hydrogen-bond acceptors (Lipinski definition) is 3. The van der Waals surface area contributed by atoms with Gasteiger partial charge in [-0.1, -0.05) is 12.1 Å². The van der Waals surface area contributed by atoms with E-state index in [0.717, 1.165) is 12.1 Å². The van der Waals surface area contributed by atoms with Gasteiger partial charge in [0.05, 0.1) is 12.2 Å². The van der Waals surface area contributed by atoms with Crippen molar-refractivity contribution >= 4 is 6.09 Å². The van der Waals surface area contributed by atoms with Gasteiger partial charge in [0.2, 0.25) is 0 Å². The van der Waals surface area contributed by atoms with Crippen molar-refractivity contribution in [3.63, 3.8) is 0 Å². The maximum absolute atomic E-state index is 12.3. The number of amides is 1. The SMILES string of the molecule is CC(C)(C)OC(=O)NOCc1ccc(C(F)(F)F)cc1. The minimum Gasteiger partial charge on any atom is -0.442 e. The van der Waals surface area contributed by atoms with E-state index >= 15 is 0 Å². The lowest BCUT2D eigenvalue weighted by molar-refractivity contribution is -0.137. The van der Waals surface area contributed by atoms with E-state index < -0.39 is 23.4 Å². The highest BCUT2D eigenvalue weighted by atomic mass is 19.4. The van der Waals surface area contributed by atoms with Crippen molar-refractivity contribution in [2.75, 3.05) is 0 Å². The fourth-order valence-electron chi connectivity index (χ4n) is 1.27. The summed E-state index contributed by atoms with van der Waals surface area (Å²) in [6, 6.07) is 4.46. The molecule has 1 N–H and O–H groups in total. The second-order valence-electron chi connectivity index (χ2n) is 5.09. The first-order valence-corrected chi connectivity index (χ1v) is 5.85. The van der Waals surface area contributed by atoms with Crippen LogP contribution in [-0.2, 0) is 22.4 Å². The van der Waals surface area contributed by atoms with Gasteiger partial charge in [-0.05, 0) is 38.5 Å². The van der Waals surface area contributed by atoms with Crippen LogP contribution in [0.2, 0.25) is 0 Å². The Hall–Kier alpha value is -1.76. The van der Waals surface area contributed by atoms with E-state index in [1.54, 1.807) is 20.8 Å². The molecule has 0 aliphatic heterocycles. The van der Waals surface area contributed by atoms with Gasteiger partial charge < -0.3 is 4.74 Å². The van der Waals surface area contributed by atoms with Gasteiger partial charge in [0, 0.05) is 0 Å². The third kappa shape index (κ3) is 5.92. The number of nitrogens with one attached hydrogen (secondary N) is 1. The predicted molar refractivity (Wildman–Crippen MR) is 65.6 cm³/mol. The van der Waals surface area contributed by atoms with Crippen LogP contribution in [0.5, 0.6) is 0 Å². The van der Waals surface area contributed by atoms with E-state index in [4.69, 9.17) is 9.57 Å². The summed E-state index contributed by atoms with van der Waals surface area (Å²) in [5.41, 5.74) is 1.16. The van der Waals surface area contributed by atoms with Gasteiger partial charge in [-0.3, -0.25) is 4.84 Å². The summed E-state index contributed by atoms with van der Waals surface area (Å²) in [5, 5.41) is 0. The third-order valence-corrected chi connectivity index (χ3v) is 2.07. The van der Waals surface area contributed by atoms with Crippen LogP contribution in [-0.4, -0.2) is 11.7 Å². The Morgan fingerprint density at radius 1 is 1.15 bits per heavy atom. The Morgan fingerprint density at radius 2 is 1.70 bits per heavy atom. The Kier molecular flexibility index (Phi) is 4.99. The summed E-state index contributed by atoms with van der Waals surface area (Å²) in [7, 11) is 0. The Morgan fingerprint density at radius 3 is 2.15 bits per heavy atom. The van der Waals surface area contributed by atoms with Gasteiger partial charge in [-0.15, -0.1) is 0 Å². The van der Waals surface area contributed by atoms with E-state index in [1.165, 1.54) is 12.1 Å². The van der Waals surface area contributed by atoms with Crippen molar-refractivity contribution in [3.8, 4) is 0 Å². The zero-order chi connectivity index (χ0) is 15.4. The average Bonchev–Trinajstić information content (AvgIpc) is 2.26. The summed E-state index contributed by atoms with van der Waals surface area (Å²) in [6.07, 6.45) is -5.13. The van der Waals surface area contributed by atoms with Crippen LogP contribution in [0.25, 0.3) is 0 Å². The zero-order valence-electron chi connectivity index (χ0n) is 11.4. The average molecular weight is 291 g/mol. The Balaban J connectivity index is 2.42. The molecule has 0 aliphatic rings. The molecule has 0 atom stereocenters. The number of rotatable bonds is 3. The predicted octanol–water partition coefficient (Wildman–Crippen LogP) is 3.66. The summed E-state index contributed by atoms with van der Waals surface area (Å²) in [6.45, 7) is 5.03. The number of carbonyl (C=O) groups is 1. The molecular formula is C13H16F3NO3. The van der Waals surface area contributed by atoms with Gasteiger partial charge in [0.15, 0.2) is 0 Å². The smallest absolute Gasteiger partial charge is 0.431 e. The molecular weight excluding hydrogens is 275 g/mol. The fourth-order valence-corrected chi connectivity index (χ4v) is 1.27. The minimum atomic E-state index is -4.37. The molecule has 1 aromatic rings. The molecule has 1 rings (SSSR count). The van der Waals surface area contributed by atoms with Gasteiger partial charge in [-0.25, -0.2) is 4.79 Å². The van der Waals surface area contributed by atoms with Crippen LogP contribution in [0.1, 0.15) is 31.9 Å². The van der Waals surface area contributed by atoms with Crippen LogP contribution in [0.3, 0.4) is 0 Å². The first-order valence-electron chi connectivity index (χ1n) is 5.85. The molecule has 0 heterocycles. The summed E-state index contributed by atoms with van der Waals surface area (Å²) in [5.74, 6) is 0. The maximum Gasteiger partial charge on any atom is 0.431 e. The van der Waals surface area contributed by atoms with Crippen molar-refractivity contribution in [2.45, 2.75) is 39.2 Å². The molecule has 20 heavy (non-hydrogen) atoms. The van der Waals surface area contributed by atoms with Gasteiger partial charge >= 0.3 is 12.3 Å². The van der Waals surface area contributed by atoms with E-state index in [2.05, 4.69) is 0 Å². The van der Waals surface area contributed by atoms with E-state index in [0.29, 0.717) is 5.56 Å². The number of hydroxylamine groups is 1. The van der Waals surface area contributed by atoms with Crippen molar-refractivity contribution in [3.05, 3.63) is 35.4 Å². The van der Waals surface area contributed by atoms with E-state index in [1.807, 2.05) is 5.48 Å². The topological polar surface area (TPSA) is 47.6 Å². The molecule has 0 unspecified atom stereocenters. The molecule has 0 fully saturated rings. The van der Waals surface area contributed by atoms with Gasteiger partial charge in [0.1, 0.15) is 5.60 Å². The third-order valence-electron chi connectivity index (χ3n) is 2.07. The maximum atomic E-state index is 12.3. The highest BCUT2D eigenvalue weighted by Gasteiger charge is 2.29. The highest BCUT2D eigenvalue weighted by molar-refractivity contribution is 5.66. The van der Waals surface area contributed by atoms with Crippen LogP contribution in [0, 0.1) is 0 Å². The first kappa shape index (κ1) is 16.3. The molecule has 112 valence electrons. The van der Waals surface area contributed by atoms with Gasteiger partial charge in [-0.2, -0.15) is 18.7 Å². The molecule has 7 heteroatoms. The summed E-state index contributed by atoms with van der Waals surface area (Å²) < 4.78 is 41.9. The molecule has 0 bridgehead atoms. The molecule has 0 aliphatic carbocycles. The molecule has 0 saturated carbocycles. The lowest BCUT2D eigenvalue weighted by atomic mass is 10.1. The number of benzene rings is 1. The monoisotopic (exact) mass is 291 g/mol. The standard InChI is InChI=1S/C13H16F3NO3/c1-12(2,3)20-11(18)17-19-8-9-4-6-10(7-5-9)13(14,15)16/h4-7H,8H2,1-3H3,(H,17,18). The molecule has 0 saturated heterocycles. The normalized spacial score (nSPS) is 12.1. The number of alkyl halides is 3. The van der Waals surface area contributed by atoms with Crippen molar-refractivity contribution < 1.29 is 27.5 Å². The van der Waals surface area contributed by atoms with Gasteiger partial charge in [0.25, 0.3) is 0 Å². The van der Waals surface area contributed by atoms with Crippen LogP contribution in [0.15, 0.2) is 24.3 Å².